The van der Waals surface area contributed by atoms with Crippen LogP contribution in [0.1, 0.15) is 34.0 Å². The van der Waals surface area contributed by atoms with Crippen molar-refractivity contribution in [1.82, 2.24) is 15.1 Å². The minimum atomic E-state index is -1.27. The minimum absolute atomic E-state index is 0.444. The molecule has 0 saturated carbocycles. The molecule has 0 aliphatic rings. The molecule has 1 heterocycles. The number of anilines is 1. The van der Waals surface area contributed by atoms with E-state index >= 15 is 0 Å². The summed E-state index contributed by atoms with van der Waals surface area (Å²) in [7, 11) is 0. The zero-order valence-electron chi connectivity index (χ0n) is 23.0. The summed E-state index contributed by atoms with van der Waals surface area (Å²) in [5.74, 6) is -0.963. The largest absolute Gasteiger partial charge is 0.465 e. The van der Waals surface area contributed by atoms with Crippen LogP contribution in [-0.4, -0.2) is 32.9 Å². The van der Waals surface area contributed by atoms with Crippen molar-refractivity contribution in [1.29, 1.82) is 0 Å². The number of carboxylic acid groups (broad SMARTS) is 1. The Morgan fingerprint density at radius 1 is 0.780 bits per heavy atom. The molecule has 1 atom stereocenters. The van der Waals surface area contributed by atoms with Crippen molar-refractivity contribution < 1.29 is 14.7 Å². The first kappa shape index (κ1) is 27.4. The van der Waals surface area contributed by atoms with E-state index in [1.807, 2.05) is 115 Å². The summed E-state index contributed by atoms with van der Waals surface area (Å²) in [4.78, 5) is 25.4. The molecule has 0 aliphatic heterocycles. The van der Waals surface area contributed by atoms with Crippen LogP contribution in [-0.2, 0) is 11.3 Å². The molecule has 7 nitrogen and oxygen atoms in total. The third kappa shape index (κ3) is 6.36. The molecule has 41 heavy (non-hydrogen) atoms. The van der Waals surface area contributed by atoms with Crippen molar-refractivity contribution in [3.63, 3.8) is 0 Å². The highest BCUT2D eigenvalue weighted by Gasteiger charge is 2.32. The van der Waals surface area contributed by atoms with Gasteiger partial charge in [0.2, 0.25) is 5.91 Å². The number of nitrogens with one attached hydrogen (secondary N) is 2. The van der Waals surface area contributed by atoms with Crippen molar-refractivity contribution >= 4 is 17.7 Å². The molecule has 2 amide bonds. The van der Waals surface area contributed by atoms with Crippen LogP contribution in [0.4, 0.5) is 10.5 Å². The van der Waals surface area contributed by atoms with E-state index in [1.54, 1.807) is 0 Å². The van der Waals surface area contributed by atoms with Crippen LogP contribution in [0, 0.1) is 13.8 Å². The number of amides is 2. The number of nitrogens with zero attached hydrogens (tertiary/aromatic N) is 2. The molecule has 0 aliphatic carbocycles. The molecule has 5 rings (SSSR count). The van der Waals surface area contributed by atoms with E-state index in [2.05, 4.69) is 29.7 Å². The normalized spacial score (nSPS) is 11.7. The van der Waals surface area contributed by atoms with Gasteiger partial charge < -0.3 is 15.7 Å². The molecule has 0 saturated heterocycles. The second-order valence-electron chi connectivity index (χ2n) is 9.98. The summed E-state index contributed by atoms with van der Waals surface area (Å²) >= 11 is 0. The zero-order chi connectivity index (χ0) is 28.8. The second-order valence-corrected chi connectivity index (χ2v) is 9.98. The van der Waals surface area contributed by atoms with Gasteiger partial charge in [-0.25, -0.2) is 4.79 Å². The number of benzene rings is 4. The smallest absolute Gasteiger partial charge is 0.405 e. The summed E-state index contributed by atoms with van der Waals surface area (Å²) in [6.45, 7) is 4.74. The maximum Gasteiger partial charge on any atom is 0.405 e. The van der Waals surface area contributed by atoms with Gasteiger partial charge in [0.25, 0.3) is 0 Å². The predicted molar refractivity (Wildman–Crippen MR) is 161 cm³/mol. The molecule has 4 aromatic carbocycles. The van der Waals surface area contributed by atoms with Gasteiger partial charge in [0.15, 0.2) is 0 Å². The summed E-state index contributed by atoms with van der Waals surface area (Å²) in [6.07, 6.45) is -1.27. The van der Waals surface area contributed by atoms with Gasteiger partial charge in [-0.05, 0) is 48.2 Å². The van der Waals surface area contributed by atoms with Crippen LogP contribution in [0.2, 0.25) is 0 Å². The SMILES string of the molecule is Cc1nn(Cc2ccccc2)c(C)c1-c1ccc(NC(=O)C(NC(=O)O)C(c2ccccc2)c2ccccc2)cc1. The number of hydrogen-bond acceptors (Lipinski definition) is 3. The molecular weight excluding hydrogens is 512 g/mol. The van der Waals surface area contributed by atoms with Gasteiger partial charge in [-0.3, -0.25) is 9.48 Å². The molecule has 0 radical (unpaired) electrons. The second kappa shape index (κ2) is 12.3. The number of aryl methyl sites for hydroxylation is 1. The number of aromatic nitrogens is 2. The molecule has 0 bridgehead atoms. The fourth-order valence-corrected chi connectivity index (χ4v) is 5.30. The predicted octanol–water partition coefficient (Wildman–Crippen LogP) is 6.62. The zero-order valence-corrected chi connectivity index (χ0v) is 23.0. The maximum atomic E-state index is 13.6. The quantitative estimate of drug-likeness (QED) is 0.194. The Labute approximate surface area is 239 Å². The fourth-order valence-electron chi connectivity index (χ4n) is 5.30. The summed E-state index contributed by atoms with van der Waals surface area (Å²) in [6, 6.07) is 35.6. The molecule has 0 spiro atoms. The molecule has 7 heteroatoms. The highest BCUT2D eigenvalue weighted by molar-refractivity contribution is 5.97. The lowest BCUT2D eigenvalue weighted by atomic mass is 9.84. The van der Waals surface area contributed by atoms with E-state index in [4.69, 9.17) is 5.10 Å². The maximum absolute atomic E-state index is 13.6. The van der Waals surface area contributed by atoms with Crippen molar-refractivity contribution in [2.75, 3.05) is 5.32 Å². The minimum Gasteiger partial charge on any atom is -0.465 e. The Morgan fingerprint density at radius 3 is 1.85 bits per heavy atom. The highest BCUT2D eigenvalue weighted by Crippen LogP contribution is 2.31. The molecule has 0 fully saturated rings. The van der Waals surface area contributed by atoms with Crippen LogP contribution in [0.15, 0.2) is 115 Å². The van der Waals surface area contributed by atoms with E-state index < -0.39 is 24.0 Å². The first-order valence-electron chi connectivity index (χ1n) is 13.5. The van der Waals surface area contributed by atoms with Crippen LogP contribution < -0.4 is 10.6 Å². The van der Waals surface area contributed by atoms with Crippen LogP contribution in [0.25, 0.3) is 11.1 Å². The van der Waals surface area contributed by atoms with Gasteiger partial charge in [0, 0.05) is 22.9 Å². The standard InChI is InChI=1S/C34H32N4O3/c1-23-30(24(2)38(37-23)22-25-12-6-3-7-13-25)28-18-20-29(21-19-28)35-33(39)32(36-34(40)41)31(26-14-8-4-9-15-26)27-16-10-5-11-17-27/h3-21,31-32,36H,22H2,1-2H3,(H,35,39)(H,40,41). The van der Waals surface area contributed by atoms with E-state index in [1.165, 1.54) is 5.56 Å². The lowest BCUT2D eigenvalue weighted by Crippen LogP contribution is -2.47. The van der Waals surface area contributed by atoms with Crippen molar-refractivity contribution in [2.45, 2.75) is 32.4 Å². The third-order valence-corrected chi connectivity index (χ3v) is 7.21. The summed E-state index contributed by atoms with van der Waals surface area (Å²) < 4.78 is 2.01. The Kier molecular flexibility index (Phi) is 8.25. The van der Waals surface area contributed by atoms with Gasteiger partial charge in [-0.15, -0.1) is 0 Å². The van der Waals surface area contributed by atoms with Crippen molar-refractivity contribution in [3.05, 3.63) is 143 Å². The van der Waals surface area contributed by atoms with E-state index in [-0.39, 0.29) is 0 Å². The van der Waals surface area contributed by atoms with Gasteiger partial charge in [-0.2, -0.15) is 5.10 Å². The van der Waals surface area contributed by atoms with Gasteiger partial charge in [0.05, 0.1) is 12.2 Å². The first-order chi connectivity index (χ1) is 19.9. The Morgan fingerprint density at radius 2 is 1.32 bits per heavy atom. The summed E-state index contributed by atoms with van der Waals surface area (Å²) in [5.41, 5.74) is 7.44. The molecule has 1 aromatic heterocycles. The lowest BCUT2D eigenvalue weighted by molar-refractivity contribution is -0.118. The average Bonchev–Trinajstić information content (AvgIpc) is 3.26. The van der Waals surface area contributed by atoms with E-state index in [9.17, 15) is 14.7 Å². The molecule has 206 valence electrons. The molecule has 1 unspecified atom stereocenters. The van der Waals surface area contributed by atoms with Crippen LogP contribution >= 0.6 is 0 Å². The highest BCUT2D eigenvalue weighted by atomic mass is 16.4. The average molecular weight is 545 g/mol. The van der Waals surface area contributed by atoms with Crippen LogP contribution in [0.3, 0.4) is 0 Å². The van der Waals surface area contributed by atoms with Crippen molar-refractivity contribution in [2.24, 2.45) is 0 Å². The number of hydrogen-bond donors (Lipinski definition) is 3. The Balaban J connectivity index is 1.39. The van der Waals surface area contributed by atoms with Gasteiger partial charge in [0.1, 0.15) is 6.04 Å². The summed E-state index contributed by atoms with van der Waals surface area (Å²) in [5, 5.41) is 19.8. The Hall–Kier alpha value is -5.17. The van der Waals surface area contributed by atoms with E-state index in [0.717, 1.165) is 33.6 Å². The first-order valence-corrected chi connectivity index (χ1v) is 13.5. The topological polar surface area (TPSA) is 96.3 Å². The molecule has 5 aromatic rings. The molecule has 3 N–H and O–H groups in total. The van der Waals surface area contributed by atoms with Crippen LogP contribution in [0.5, 0.6) is 0 Å². The van der Waals surface area contributed by atoms with Gasteiger partial charge in [-0.1, -0.05) is 103 Å². The number of rotatable bonds is 9. The monoisotopic (exact) mass is 544 g/mol. The number of carbonyl (C=O) groups is 2. The lowest BCUT2D eigenvalue weighted by Gasteiger charge is -2.27. The fraction of sp³-hybridized carbons (Fsp3) is 0.147. The van der Waals surface area contributed by atoms with Crippen molar-refractivity contribution in [3.8, 4) is 11.1 Å². The van der Waals surface area contributed by atoms with Gasteiger partial charge >= 0.3 is 6.09 Å². The van der Waals surface area contributed by atoms with E-state index in [0.29, 0.717) is 12.2 Å². The Bertz CT molecular complexity index is 1580. The number of carbonyl (C=O) groups excluding carboxylic acids is 1. The third-order valence-electron chi connectivity index (χ3n) is 7.21. The molecular formula is C34H32N4O3.